The molecule has 63 valence electrons. The standard InChI is InChI=1S/C11H13O/c1-2-3-4-10-5-7-11(9-12)8-6-10/h5-8H,2-4H2,1H3. The second kappa shape index (κ2) is 4.70. The van der Waals surface area contributed by atoms with Crippen LogP contribution in [0.15, 0.2) is 24.3 Å². The summed E-state index contributed by atoms with van der Waals surface area (Å²) in [6, 6.07) is 7.63. The van der Waals surface area contributed by atoms with Crippen molar-refractivity contribution in [1.29, 1.82) is 0 Å². The molecule has 0 saturated carbocycles. The molecule has 0 amide bonds. The van der Waals surface area contributed by atoms with E-state index in [2.05, 4.69) is 6.92 Å². The SMILES string of the molecule is CCCCc1ccc([C]=O)cc1. The summed E-state index contributed by atoms with van der Waals surface area (Å²) in [6.07, 6.45) is 5.39. The van der Waals surface area contributed by atoms with Gasteiger partial charge < -0.3 is 0 Å². The fourth-order valence-corrected chi connectivity index (χ4v) is 1.12. The highest BCUT2D eigenvalue weighted by Gasteiger charge is 1.92. The molecule has 0 aromatic heterocycles. The van der Waals surface area contributed by atoms with E-state index in [9.17, 15) is 4.79 Å². The van der Waals surface area contributed by atoms with Crippen molar-refractivity contribution in [3.63, 3.8) is 0 Å². The number of carbonyl (C=O) groups excluding carboxylic acids is 1. The maximum Gasteiger partial charge on any atom is 0.233 e. The Bertz CT molecular complexity index is 236. The molecule has 0 aliphatic rings. The fraction of sp³-hybridized carbons (Fsp3) is 0.364. The minimum absolute atomic E-state index is 0.634. The smallest absolute Gasteiger partial charge is 0.233 e. The highest BCUT2D eigenvalue weighted by atomic mass is 16.1. The van der Waals surface area contributed by atoms with E-state index in [1.165, 1.54) is 18.4 Å². The van der Waals surface area contributed by atoms with E-state index in [4.69, 9.17) is 0 Å². The minimum atomic E-state index is 0.634. The average Bonchev–Trinajstić information content (AvgIpc) is 2.15. The van der Waals surface area contributed by atoms with Gasteiger partial charge in [-0.2, -0.15) is 0 Å². The molecule has 0 atom stereocenters. The zero-order chi connectivity index (χ0) is 8.81. The average molecular weight is 161 g/mol. The van der Waals surface area contributed by atoms with Crippen molar-refractivity contribution in [2.75, 3.05) is 0 Å². The Hall–Kier alpha value is -1.11. The van der Waals surface area contributed by atoms with Gasteiger partial charge in [-0.25, -0.2) is 0 Å². The molecule has 0 spiro atoms. The number of benzene rings is 1. The Morgan fingerprint density at radius 3 is 2.42 bits per heavy atom. The van der Waals surface area contributed by atoms with Crippen LogP contribution in [0.25, 0.3) is 0 Å². The Kier molecular flexibility index (Phi) is 3.52. The van der Waals surface area contributed by atoms with Gasteiger partial charge in [0.15, 0.2) is 0 Å². The van der Waals surface area contributed by atoms with Gasteiger partial charge in [-0.15, -0.1) is 0 Å². The maximum atomic E-state index is 10.2. The number of hydrogen-bond donors (Lipinski definition) is 0. The third-order valence-corrected chi connectivity index (χ3v) is 1.89. The van der Waals surface area contributed by atoms with Gasteiger partial charge in [-0.1, -0.05) is 37.6 Å². The molecule has 1 aromatic rings. The third-order valence-electron chi connectivity index (χ3n) is 1.89. The van der Waals surface area contributed by atoms with Crippen LogP contribution < -0.4 is 0 Å². The normalized spacial score (nSPS) is 9.75. The molecule has 0 saturated heterocycles. The van der Waals surface area contributed by atoms with Crippen molar-refractivity contribution in [2.24, 2.45) is 0 Å². The van der Waals surface area contributed by atoms with Crippen LogP contribution >= 0.6 is 0 Å². The Labute approximate surface area is 73.4 Å². The van der Waals surface area contributed by atoms with Crippen molar-refractivity contribution in [2.45, 2.75) is 26.2 Å². The number of rotatable bonds is 4. The molecule has 1 aromatic carbocycles. The van der Waals surface area contributed by atoms with Gasteiger partial charge in [0.25, 0.3) is 0 Å². The molecule has 0 aliphatic carbocycles. The predicted octanol–water partition coefficient (Wildman–Crippen LogP) is 2.49. The van der Waals surface area contributed by atoms with E-state index in [1.54, 1.807) is 0 Å². The summed E-state index contributed by atoms with van der Waals surface area (Å²) in [4.78, 5) is 10.2. The number of unbranched alkanes of at least 4 members (excludes halogenated alkanes) is 1. The zero-order valence-corrected chi connectivity index (χ0v) is 7.34. The molecule has 0 N–H and O–H groups in total. The summed E-state index contributed by atoms with van der Waals surface area (Å²) in [5, 5.41) is 0. The van der Waals surface area contributed by atoms with Crippen LogP contribution in [0.4, 0.5) is 0 Å². The summed E-state index contributed by atoms with van der Waals surface area (Å²) in [7, 11) is 0. The highest BCUT2D eigenvalue weighted by molar-refractivity contribution is 5.75. The van der Waals surface area contributed by atoms with Gasteiger partial charge in [0.1, 0.15) is 0 Å². The van der Waals surface area contributed by atoms with Gasteiger partial charge in [0, 0.05) is 5.56 Å². The van der Waals surface area contributed by atoms with Crippen molar-refractivity contribution >= 4 is 6.29 Å². The molecule has 0 unspecified atom stereocenters. The predicted molar refractivity (Wildman–Crippen MR) is 49.8 cm³/mol. The van der Waals surface area contributed by atoms with Crippen molar-refractivity contribution in [3.8, 4) is 0 Å². The van der Waals surface area contributed by atoms with Gasteiger partial charge in [0.05, 0.1) is 0 Å². The van der Waals surface area contributed by atoms with Crippen molar-refractivity contribution in [3.05, 3.63) is 35.4 Å². The lowest BCUT2D eigenvalue weighted by Crippen LogP contribution is -1.85. The molecule has 0 heterocycles. The summed E-state index contributed by atoms with van der Waals surface area (Å²) >= 11 is 0. The number of aryl methyl sites for hydroxylation is 1. The first-order valence-corrected chi connectivity index (χ1v) is 4.34. The van der Waals surface area contributed by atoms with Gasteiger partial charge >= 0.3 is 0 Å². The van der Waals surface area contributed by atoms with Gasteiger partial charge in [0.2, 0.25) is 6.29 Å². The van der Waals surface area contributed by atoms with E-state index in [0.717, 1.165) is 6.42 Å². The Balaban J connectivity index is 2.58. The van der Waals surface area contributed by atoms with Gasteiger partial charge in [-0.05, 0) is 18.4 Å². The topological polar surface area (TPSA) is 17.1 Å². The Morgan fingerprint density at radius 2 is 1.92 bits per heavy atom. The summed E-state index contributed by atoms with van der Waals surface area (Å²) < 4.78 is 0. The highest BCUT2D eigenvalue weighted by Crippen LogP contribution is 2.06. The van der Waals surface area contributed by atoms with E-state index in [-0.39, 0.29) is 0 Å². The number of hydrogen-bond acceptors (Lipinski definition) is 1. The second-order valence-electron chi connectivity index (χ2n) is 2.90. The molecule has 1 radical (unpaired) electrons. The van der Waals surface area contributed by atoms with E-state index >= 15 is 0 Å². The van der Waals surface area contributed by atoms with Gasteiger partial charge in [-0.3, -0.25) is 4.79 Å². The van der Waals surface area contributed by atoms with Crippen LogP contribution in [-0.2, 0) is 11.2 Å². The van der Waals surface area contributed by atoms with Crippen LogP contribution in [0, 0.1) is 0 Å². The third kappa shape index (κ3) is 2.50. The van der Waals surface area contributed by atoms with Crippen LogP contribution in [0.3, 0.4) is 0 Å². The largest absolute Gasteiger partial charge is 0.285 e. The minimum Gasteiger partial charge on any atom is -0.285 e. The van der Waals surface area contributed by atoms with E-state index < -0.39 is 0 Å². The first kappa shape index (κ1) is 8.98. The van der Waals surface area contributed by atoms with E-state index in [0.29, 0.717) is 5.56 Å². The summed E-state index contributed by atoms with van der Waals surface area (Å²) in [6.45, 7) is 2.17. The zero-order valence-electron chi connectivity index (χ0n) is 7.34. The van der Waals surface area contributed by atoms with Crippen LogP contribution in [0.1, 0.15) is 30.9 Å². The molecule has 1 rings (SSSR count). The lowest BCUT2D eigenvalue weighted by Gasteiger charge is -1.98. The molecule has 12 heavy (non-hydrogen) atoms. The maximum absolute atomic E-state index is 10.2. The monoisotopic (exact) mass is 161 g/mol. The van der Waals surface area contributed by atoms with Crippen LogP contribution in [0.2, 0.25) is 0 Å². The fourth-order valence-electron chi connectivity index (χ4n) is 1.12. The van der Waals surface area contributed by atoms with Crippen molar-refractivity contribution < 1.29 is 4.79 Å². The molecular weight excluding hydrogens is 148 g/mol. The van der Waals surface area contributed by atoms with Crippen molar-refractivity contribution in [1.82, 2.24) is 0 Å². The van der Waals surface area contributed by atoms with E-state index in [1.807, 2.05) is 30.6 Å². The molecule has 1 heteroatoms. The lowest BCUT2D eigenvalue weighted by molar-refractivity contribution is 0.562. The molecular formula is C11H13O. The summed E-state index contributed by atoms with van der Waals surface area (Å²) in [5.74, 6) is 0. The first-order chi connectivity index (χ1) is 5.86. The molecule has 0 fully saturated rings. The molecule has 0 bridgehead atoms. The molecule has 1 nitrogen and oxygen atoms in total. The lowest BCUT2D eigenvalue weighted by atomic mass is 10.1. The first-order valence-electron chi connectivity index (χ1n) is 4.34. The van der Waals surface area contributed by atoms with Crippen LogP contribution in [-0.4, -0.2) is 6.29 Å². The molecule has 0 aliphatic heterocycles. The second-order valence-corrected chi connectivity index (χ2v) is 2.90. The Morgan fingerprint density at radius 1 is 1.25 bits per heavy atom. The van der Waals surface area contributed by atoms with Crippen LogP contribution in [0.5, 0.6) is 0 Å². The summed E-state index contributed by atoms with van der Waals surface area (Å²) in [5.41, 5.74) is 1.94. The quantitative estimate of drug-likeness (QED) is 0.663.